The van der Waals surface area contributed by atoms with Gasteiger partial charge in [-0.05, 0) is 61.8 Å². The molecule has 1 nitrogen and oxygen atoms in total. The maximum absolute atomic E-state index is 3.83. The third kappa shape index (κ3) is 4.56. The fraction of sp³-hybridized carbons (Fsp3) is 0.684. The fourth-order valence-electron chi connectivity index (χ4n) is 3.67. The van der Waals surface area contributed by atoms with Gasteiger partial charge in [0.05, 0.1) is 0 Å². The molecule has 1 aliphatic carbocycles. The van der Waals surface area contributed by atoms with Crippen LogP contribution >= 0.6 is 15.9 Å². The second kappa shape index (κ2) is 8.33. The van der Waals surface area contributed by atoms with Crippen molar-refractivity contribution in [2.24, 2.45) is 11.8 Å². The van der Waals surface area contributed by atoms with E-state index < -0.39 is 0 Å². The van der Waals surface area contributed by atoms with Crippen LogP contribution in [0.1, 0.15) is 69.5 Å². The zero-order chi connectivity index (χ0) is 15.2. The van der Waals surface area contributed by atoms with Crippen LogP contribution in [-0.4, -0.2) is 6.54 Å². The van der Waals surface area contributed by atoms with Crippen molar-refractivity contribution in [1.29, 1.82) is 0 Å². The minimum Gasteiger partial charge on any atom is -0.310 e. The minimum absolute atomic E-state index is 0.524. The lowest BCUT2D eigenvalue weighted by molar-refractivity contribution is 0.209. The van der Waals surface area contributed by atoms with E-state index in [0.717, 1.165) is 18.4 Å². The lowest BCUT2D eigenvalue weighted by Crippen LogP contribution is -2.32. The average Bonchev–Trinajstić information content (AvgIpc) is 2.51. The van der Waals surface area contributed by atoms with E-state index in [1.54, 1.807) is 0 Å². The van der Waals surface area contributed by atoms with Crippen molar-refractivity contribution in [1.82, 2.24) is 5.32 Å². The third-order valence-corrected chi connectivity index (χ3v) is 5.90. The highest BCUT2D eigenvalue weighted by Gasteiger charge is 2.28. The van der Waals surface area contributed by atoms with Gasteiger partial charge in [0, 0.05) is 10.5 Å². The van der Waals surface area contributed by atoms with Gasteiger partial charge in [-0.2, -0.15) is 0 Å². The second-order valence-corrected chi connectivity index (χ2v) is 7.50. The molecule has 3 unspecified atom stereocenters. The Balaban J connectivity index is 2.18. The van der Waals surface area contributed by atoms with Crippen LogP contribution < -0.4 is 5.32 Å². The summed E-state index contributed by atoms with van der Waals surface area (Å²) in [5.74, 6) is 1.73. The highest BCUT2D eigenvalue weighted by Crippen LogP contribution is 2.39. The largest absolute Gasteiger partial charge is 0.310 e. The molecule has 2 rings (SSSR count). The van der Waals surface area contributed by atoms with Gasteiger partial charge in [-0.3, -0.25) is 0 Å². The number of rotatable bonds is 6. The van der Waals surface area contributed by atoms with Gasteiger partial charge in [0.15, 0.2) is 0 Å². The molecule has 0 bridgehead atoms. The molecule has 1 aliphatic rings. The van der Waals surface area contributed by atoms with Crippen molar-refractivity contribution in [3.05, 3.63) is 33.8 Å². The Labute approximate surface area is 139 Å². The first-order chi connectivity index (χ1) is 10.2. The van der Waals surface area contributed by atoms with Gasteiger partial charge in [0.2, 0.25) is 0 Å². The Hall–Kier alpha value is -0.340. The smallest absolute Gasteiger partial charge is 0.0349 e. The quantitative estimate of drug-likeness (QED) is 0.661. The third-order valence-electron chi connectivity index (χ3n) is 5.04. The summed E-state index contributed by atoms with van der Waals surface area (Å²) in [5, 5.41) is 3.83. The van der Waals surface area contributed by atoms with Crippen LogP contribution in [0.5, 0.6) is 0 Å². The first-order valence-corrected chi connectivity index (χ1v) is 9.44. The molecule has 0 spiro atoms. The molecule has 1 aromatic carbocycles. The van der Waals surface area contributed by atoms with E-state index in [2.05, 4.69) is 60.2 Å². The molecule has 118 valence electrons. The molecule has 21 heavy (non-hydrogen) atoms. The molecule has 0 saturated heterocycles. The van der Waals surface area contributed by atoms with Gasteiger partial charge in [0.1, 0.15) is 0 Å². The highest BCUT2D eigenvalue weighted by atomic mass is 79.9. The van der Waals surface area contributed by atoms with E-state index in [4.69, 9.17) is 0 Å². The van der Waals surface area contributed by atoms with E-state index in [1.807, 2.05) is 0 Å². The molecule has 0 aliphatic heterocycles. The topological polar surface area (TPSA) is 12.0 Å². The molecule has 1 saturated carbocycles. The van der Waals surface area contributed by atoms with Gasteiger partial charge >= 0.3 is 0 Å². The van der Waals surface area contributed by atoms with E-state index >= 15 is 0 Å². The molecule has 2 heteroatoms. The summed E-state index contributed by atoms with van der Waals surface area (Å²) in [6.07, 6.45) is 8.15. The summed E-state index contributed by atoms with van der Waals surface area (Å²) < 4.78 is 1.24. The summed E-state index contributed by atoms with van der Waals surface area (Å²) >= 11 is 3.70. The normalized spacial score (nSPS) is 24.0. The molecule has 0 amide bonds. The first-order valence-electron chi connectivity index (χ1n) is 8.65. The molecule has 0 radical (unpaired) electrons. The van der Waals surface area contributed by atoms with E-state index in [0.29, 0.717) is 6.04 Å². The van der Waals surface area contributed by atoms with Gasteiger partial charge < -0.3 is 5.32 Å². The number of benzene rings is 1. The fourth-order valence-corrected chi connectivity index (χ4v) is 4.06. The van der Waals surface area contributed by atoms with Crippen molar-refractivity contribution < 1.29 is 0 Å². The zero-order valence-corrected chi connectivity index (χ0v) is 15.4. The molecular formula is C19H30BrN. The lowest BCUT2D eigenvalue weighted by Gasteiger charge is -2.35. The van der Waals surface area contributed by atoms with E-state index in [1.165, 1.54) is 54.1 Å². The Bertz CT molecular complexity index is 443. The number of aryl methyl sites for hydroxylation is 1. The number of hydrogen-bond acceptors (Lipinski definition) is 1. The van der Waals surface area contributed by atoms with E-state index in [-0.39, 0.29) is 0 Å². The first kappa shape index (κ1) is 17.0. The predicted molar refractivity (Wildman–Crippen MR) is 95.7 cm³/mol. The highest BCUT2D eigenvalue weighted by molar-refractivity contribution is 9.10. The number of hydrogen-bond donors (Lipinski definition) is 1. The Morgan fingerprint density at radius 3 is 2.76 bits per heavy atom. The Kier molecular flexibility index (Phi) is 6.75. The zero-order valence-electron chi connectivity index (χ0n) is 13.8. The SMILES string of the molecule is CCCNC(c1ccc(C)c(Br)c1)C1CCCC(CC)C1. The van der Waals surface area contributed by atoms with Crippen LogP contribution in [0.4, 0.5) is 0 Å². The van der Waals surface area contributed by atoms with Crippen LogP contribution in [-0.2, 0) is 0 Å². The van der Waals surface area contributed by atoms with Crippen molar-refractivity contribution in [3.63, 3.8) is 0 Å². The predicted octanol–water partition coefficient (Wildman–Crippen LogP) is 6.01. The Morgan fingerprint density at radius 2 is 2.10 bits per heavy atom. The summed E-state index contributed by atoms with van der Waals surface area (Å²) in [4.78, 5) is 0. The van der Waals surface area contributed by atoms with Gasteiger partial charge in [-0.15, -0.1) is 0 Å². The van der Waals surface area contributed by atoms with Crippen molar-refractivity contribution in [2.75, 3.05) is 6.54 Å². The van der Waals surface area contributed by atoms with Crippen molar-refractivity contribution >= 4 is 15.9 Å². The summed E-state index contributed by atoms with van der Waals surface area (Å²) in [6.45, 7) is 7.88. The maximum atomic E-state index is 3.83. The van der Waals surface area contributed by atoms with Gasteiger partial charge in [-0.1, -0.05) is 61.2 Å². The monoisotopic (exact) mass is 351 g/mol. The van der Waals surface area contributed by atoms with Crippen LogP contribution in [0, 0.1) is 18.8 Å². The van der Waals surface area contributed by atoms with Gasteiger partial charge in [-0.25, -0.2) is 0 Å². The van der Waals surface area contributed by atoms with Crippen LogP contribution in [0.3, 0.4) is 0 Å². The van der Waals surface area contributed by atoms with E-state index in [9.17, 15) is 0 Å². The lowest BCUT2D eigenvalue weighted by atomic mass is 9.75. The van der Waals surface area contributed by atoms with Crippen molar-refractivity contribution in [2.45, 2.75) is 65.3 Å². The summed E-state index contributed by atoms with van der Waals surface area (Å²) in [6, 6.07) is 7.43. The molecule has 1 fully saturated rings. The molecular weight excluding hydrogens is 322 g/mol. The average molecular weight is 352 g/mol. The molecule has 1 aromatic rings. The van der Waals surface area contributed by atoms with Gasteiger partial charge in [0.25, 0.3) is 0 Å². The van der Waals surface area contributed by atoms with Crippen molar-refractivity contribution in [3.8, 4) is 0 Å². The number of halogens is 1. The second-order valence-electron chi connectivity index (χ2n) is 6.64. The summed E-state index contributed by atoms with van der Waals surface area (Å²) in [5.41, 5.74) is 2.78. The minimum atomic E-state index is 0.524. The summed E-state index contributed by atoms with van der Waals surface area (Å²) in [7, 11) is 0. The van der Waals surface area contributed by atoms with Crippen LogP contribution in [0.15, 0.2) is 22.7 Å². The molecule has 0 aromatic heterocycles. The van der Waals surface area contributed by atoms with Crippen LogP contribution in [0.25, 0.3) is 0 Å². The number of nitrogens with one attached hydrogen (secondary N) is 1. The standard InChI is InChI=1S/C19H30BrN/c1-4-11-21-19(16-8-6-7-15(5-2)12-16)17-10-9-14(3)18(20)13-17/h9-10,13,15-16,19,21H,4-8,11-12H2,1-3H3. The maximum Gasteiger partial charge on any atom is 0.0349 e. The molecule has 1 N–H and O–H groups in total. The van der Waals surface area contributed by atoms with Crippen LogP contribution in [0.2, 0.25) is 0 Å². The Morgan fingerprint density at radius 1 is 1.29 bits per heavy atom. The molecule has 3 atom stereocenters. The molecule has 0 heterocycles.